The third kappa shape index (κ3) is 7.27. The maximum Gasteiger partial charge on any atom is 0.253 e. The highest BCUT2D eigenvalue weighted by atomic mass is 16.5. The van der Waals surface area contributed by atoms with Gasteiger partial charge in [0.1, 0.15) is 11.9 Å². The van der Waals surface area contributed by atoms with Gasteiger partial charge in [-0.3, -0.25) is 19.4 Å². The number of carbonyl (C=O) groups is 1. The molecule has 0 atom stereocenters. The fraction of sp³-hybridized carbons (Fsp3) is 0.647. The molecule has 3 aliphatic rings. The van der Waals surface area contributed by atoms with Gasteiger partial charge in [-0.25, -0.2) is 0 Å². The van der Waals surface area contributed by atoms with Gasteiger partial charge in [-0.1, -0.05) is 0 Å². The molecule has 43 heavy (non-hydrogen) atoms. The van der Waals surface area contributed by atoms with E-state index in [2.05, 4.69) is 51.8 Å². The van der Waals surface area contributed by atoms with Gasteiger partial charge in [0.15, 0.2) is 0 Å². The molecule has 1 aliphatic carbocycles. The molecule has 0 unspecified atom stereocenters. The van der Waals surface area contributed by atoms with Crippen molar-refractivity contribution in [2.45, 2.75) is 98.0 Å². The predicted octanol–water partition coefficient (Wildman–Crippen LogP) is 4.17. The first-order chi connectivity index (χ1) is 20.6. The molecule has 0 bridgehead atoms. The summed E-state index contributed by atoms with van der Waals surface area (Å²) in [4.78, 5) is 36.7. The van der Waals surface area contributed by atoms with E-state index in [1.807, 2.05) is 32.9 Å². The summed E-state index contributed by atoms with van der Waals surface area (Å²) >= 11 is 0. The molecular formula is C34H51N5O4. The van der Waals surface area contributed by atoms with Gasteiger partial charge >= 0.3 is 0 Å². The lowest BCUT2D eigenvalue weighted by molar-refractivity contribution is -0.0101. The number of nitrogens with one attached hydrogen (secondary N) is 2. The molecule has 2 N–H and O–H groups in total. The molecule has 236 valence electrons. The van der Waals surface area contributed by atoms with Crippen LogP contribution in [0.2, 0.25) is 0 Å². The summed E-state index contributed by atoms with van der Waals surface area (Å²) in [5.41, 5.74) is 4.68. The Morgan fingerprint density at radius 1 is 1.09 bits per heavy atom. The zero-order valence-electron chi connectivity index (χ0n) is 27.0. The van der Waals surface area contributed by atoms with E-state index in [0.717, 1.165) is 99.9 Å². The van der Waals surface area contributed by atoms with Crippen LogP contribution in [0.4, 0.5) is 5.69 Å². The highest BCUT2D eigenvalue weighted by molar-refractivity contribution is 5.97. The van der Waals surface area contributed by atoms with Crippen LogP contribution in [0.3, 0.4) is 0 Å². The summed E-state index contributed by atoms with van der Waals surface area (Å²) < 4.78 is 12.2. The number of aromatic amines is 1. The molecule has 2 aromatic rings. The van der Waals surface area contributed by atoms with E-state index >= 15 is 0 Å². The van der Waals surface area contributed by atoms with Crippen molar-refractivity contribution >= 4 is 11.6 Å². The van der Waals surface area contributed by atoms with Gasteiger partial charge < -0.3 is 24.7 Å². The molecule has 2 aliphatic heterocycles. The Balaban J connectivity index is 1.33. The van der Waals surface area contributed by atoms with E-state index in [0.29, 0.717) is 29.3 Å². The number of amides is 1. The highest BCUT2D eigenvalue weighted by Crippen LogP contribution is 2.36. The maximum absolute atomic E-state index is 13.7. The molecule has 3 fully saturated rings. The standard InChI is InChI=1S/C34H51N5O4/c1-7-39(26-8-14-42-15-9-26)32-20-29(43-28-17-27(18-28)38-12-10-37(11-13-38)22(2)3)19-30(25(32)6)33(40)35-21-31-23(4)16-24(5)36-34(31)41/h16,19-20,22,26-28H,7-15,17-18,21H2,1-6H3,(H,35,40)(H,36,41). The van der Waals surface area contributed by atoms with E-state index in [1.165, 1.54) is 0 Å². The topological polar surface area (TPSA) is 90.1 Å². The summed E-state index contributed by atoms with van der Waals surface area (Å²) in [6.45, 7) is 19.5. The van der Waals surface area contributed by atoms with Gasteiger partial charge in [0.05, 0.1) is 0 Å². The van der Waals surface area contributed by atoms with Crippen molar-refractivity contribution in [3.8, 4) is 5.75 Å². The molecule has 9 nitrogen and oxygen atoms in total. The molecule has 1 saturated carbocycles. The molecule has 1 aromatic carbocycles. The monoisotopic (exact) mass is 593 g/mol. The van der Waals surface area contributed by atoms with E-state index in [1.54, 1.807) is 0 Å². The predicted molar refractivity (Wildman–Crippen MR) is 171 cm³/mol. The number of benzene rings is 1. The average molecular weight is 594 g/mol. The number of piperazine rings is 1. The van der Waals surface area contributed by atoms with E-state index in [4.69, 9.17) is 9.47 Å². The Labute approximate surface area is 256 Å². The van der Waals surface area contributed by atoms with Crippen molar-refractivity contribution in [3.63, 3.8) is 0 Å². The number of H-pyrrole nitrogens is 1. The van der Waals surface area contributed by atoms with Gasteiger partial charge in [-0.2, -0.15) is 0 Å². The fourth-order valence-corrected chi connectivity index (χ4v) is 7.01. The Morgan fingerprint density at radius 3 is 2.42 bits per heavy atom. The van der Waals surface area contributed by atoms with Crippen LogP contribution in [0.15, 0.2) is 23.0 Å². The van der Waals surface area contributed by atoms with Gasteiger partial charge in [-0.15, -0.1) is 0 Å². The minimum Gasteiger partial charge on any atom is -0.490 e. The first-order valence-corrected chi connectivity index (χ1v) is 16.3. The second-order valence-electron chi connectivity index (χ2n) is 12.9. The second kappa shape index (κ2) is 13.8. The minimum atomic E-state index is -0.193. The zero-order valence-corrected chi connectivity index (χ0v) is 27.0. The van der Waals surface area contributed by atoms with Crippen LogP contribution in [-0.2, 0) is 11.3 Å². The van der Waals surface area contributed by atoms with Gasteiger partial charge in [0, 0.05) is 112 Å². The molecule has 5 rings (SSSR count). The van der Waals surface area contributed by atoms with Crippen LogP contribution in [0.1, 0.15) is 79.2 Å². The molecule has 9 heteroatoms. The van der Waals surface area contributed by atoms with Crippen LogP contribution in [0.25, 0.3) is 0 Å². The van der Waals surface area contributed by atoms with Gasteiger partial charge in [0.2, 0.25) is 0 Å². The number of hydrogen-bond acceptors (Lipinski definition) is 7. The summed E-state index contributed by atoms with van der Waals surface area (Å²) in [7, 11) is 0. The minimum absolute atomic E-state index is 0.145. The van der Waals surface area contributed by atoms with Crippen molar-refractivity contribution < 1.29 is 14.3 Å². The number of nitrogens with zero attached hydrogens (tertiary/aromatic N) is 3. The highest BCUT2D eigenvalue weighted by Gasteiger charge is 2.37. The van der Waals surface area contributed by atoms with E-state index in [9.17, 15) is 9.59 Å². The molecule has 1 aromatic heterocycles. The van der Waals surface area contributed by atoms with Crippen molar-refractivity contribution in [2.24, 2.45) is 0 Å². The van der Waals surface area contributed by atoms with E-state index in [-0.39, 0.29) is 24.1 Å². The van der Waals surface area contributed by atoms with Crippen molar-refractivity contribution in [1.82, 2.24) is 20.1 Å². The lowest BCUT2D eigenvalue weighted by Crippen LogP contribution is -2.57. The Hall–Kier alpha value is -2.88. The molecule has 0 radical (unpaired) electrons. The fourth-order valence-electron chi connectivity index (χ4n) is 7.01. The Kier molecular flexibility index (Phi) is 10.1. The maximum atomic E-state index is 13.7. The second-order valence-corrected chi connectivity index (χ2v) is 12.9. The first kappa shape index (κ1) is 31.5. The number of anilines is 1. The lowest BCUT2D eigenvalue weighted by atomic mass is 9.87. The van der Waals surface area contributed by atoms with Gasteiger partial charge in [0.25, 0.3) is 11.5 Å². The molecule has 0 spiro atoms. The van der Waals surface area contributed by atoms with Crippen LogP contribution in [0.5, 0.6) is 5.75 Å². The number of aryl methyl sites for hydroxylation is 2. The quantitative estimate of drug-likeness (QED) is 0.428. The first-order valence-electron chi connectivity index (χ1n) is 16.3. The van der Waals surface area contributed by atoms with Gasteiger partial charge in [-0.05, 0) is 77.6 Å². The average Bonchev–Trinajstić information content (AvgIpc) is 2.96. The third-order valence-electron chi connectivity index (χ3n) is 9.77. The summed E-state index contributed by atoms with van der Waals surface area (Å²) in [6.07, 6.45) is 4.10. The molecule has 1 amide bonds. The Bertz CT molecular complexity index is 1320. The number of hydrogen-bond donors (Lipinski definition) is 2. The number of aromatic nitrogens is 1. The lowest BCUT2D eigenvalue weighted by Gasteiger charge is -2.47. The number of pyridine rings is 1. The molecule has 3 heterocycles. The third-order valence-corrected chi connectivity index (χ3v) is 9.77. The Morgan fingerprint density at radius 2 is 1.79 bits per heavy atom. The number of carbonyl (C=O) groups excluding carboxylic acids is 1. The number of ether oxygens (including phenoxy) is 2. The van der Waals surface area contributed by atoms with E-state index < -0.39 is 0 Å². The molecule has 2 saturated heterocycles. The smallest absolute Gasteiger partial charge is 0.253 e. The molecular weight excluding hydrogens is 542 g/mol. The SMILES string of the molecule is CCN(c1cc(OC2CC(N3CCN(C(C)C)CC3)C2)cc(C(=O)NCc2c(C)cc(C)[nH]c2=O)c1C)C1CCOCC1. The summed E-state index contributed by atoms with van der Waals surface area (Å²) in [6, 6.07) is 7.49. The van der Waals surface area contributed by atoms with Crippen LogP contribution in [-0.4, -0.2) is 90.9 Å². The van der Waals surface area contributed by atoms with Crippen LogP contribution < -0.4 is 20.5 Å². The van der Waals surface area contributed by atoms with Crippen LogP contribution >= 0.6 is 0 Å². The number of rotatable bonds is 10. The summed E-state index contributed by atoms with van der Waals surface area (Å²) in [5, 5.41) is 3.03. The van der Waals surface area contributed by atoms with Crippen molar-refractivity contribution in [2.75, 3.05) is 50.8 Å². The summed E-state index contributed by atoms with van der Waals surface area (Å²) in [5.74, 6) is 0.551. The normalized spacial score (nSPS) is 21.9. The van der Waals surface area contributed by atoms with Crippen molar-refractivity contribution in [3.05, 3.63) is 56.5 Å². The zero-order chi connectivity index (χ0) is 30.7. The largest absolute Gasteiger partial charge is 0.490 e. The van der Waals surface area contributed by atoms with Crippen molar-refractivity contribution in [1.29, 1.82) is 0 Å². The van der Waals surface area contributed by atoms with Crippen LogP contribution in [0, 0.1) is 20.8 Å².